The number of amides is 1. The third-order valence-electron chi connectivity index (χ3n) is 5.01. The smallest absolute Gasteiger partial charge is 0.262 e. The van der Waals surface area contributed by atoms with E-state index in [1.165, 1.54) is 22.2 Å². The van der Waals surface area contributed by atoms with Crippen LogP contribution in [0.25, 0.3) is 20.7 Å². The number of aromatic nitrogens is 2. The first kappa shape index (κ1) is 20.7. The molecule has 7 heteroatoms. The van der Waals surface area contributed by atoms with Gasteiger partial charge in [-0.15, -0.1) is 11.3 Å². The fourth-order valence-electron chi connectivity index (χ4n) is 3.40. The van der Waals surface area contributed by atoms with E-state index in [1.54, 1.807) is 24.3 Å². The molecule has 0 fully saturated rings. The predicted molar refractivity (Wildman–Crippen MR) is 131 cm³/mol. The van der Waals surface area contributed by atoms with Gasteiger partial charge in [0.2, 0.25) is 5.91 Å². The summed E-state index contributed by atoms with van der Waals surface area (Å²) in [7, 11) is 0. The number of hydrogen-bond acceptors (Lipinski definition) is 5. The number of fused-ring (bicyclic) bond motifs is 1. The summed E-state index contributed by atoms with van der Waals surface area (Å²) in [5, 5.41) is 3.32. The van der Waals surface area contributed by atoms with E-state index in [0.29, 0.717) is 21.7 Å². The summed E-state index contributed by atoms with van der Waals surface area (Å²) in [6.45, 7) is -0.124. The molecule has 5 aromatic rings. The summed E-state index contributed by atoms with van der Waals surface area (Å²) >= 11 is 1.46. The molecular weight excluding hydrogens is 434 g/mol. The van der Waals surface area contributed by atoms with E-state index in [-0.39, 0.29) is 18.0 Å². The molecule has 6 nitrogen and oxygen atoms in total. The number of benzene rings is 3. The molecule has 0 aliphatic heterocycles. The number of ether oxygens (including phenoxy) is 1. The molecule has 2 heterocycles. The van der Waals surface area contributed by atoms with Gasteiger partial charge in [-0.2, -0.15) is 0 Å². The second-order valence-corrected chi connectivity index (χ2v) is 8.39. The number of carbonyl (C=O) groups is 1. The first-order valence-corrected chi connectivity index (χ1v) is 11.1. The summed E-state index contributed by atoms with van der Waals surface area (Å²) in [5.74, 6) is 1.09. The number of nitrogens with zero attached hydrogens (tertiary/aromatic N) is 2. The summed E-state index contributed by atoms with van der Waals surface area (Å²) < 4.78 is 7.08. The van der Waals surface area contributed by atoms with Gasteiger partial charge < -0.3 is 10.1 Å². The van der Waals surface area contributed by atoms with Gasteiger partial charge in [-0.1, -0.05) is 48.5 Å². The van der Waals surface area contributed by atoms with E-state index in [4.69, 9.17) is 4.74 Å². The average Bonchev–Trinajstić information content (AvgIpc) is 3.29. The third-order valence-corrected chi connectivity index (χ3v) is 6.10. The molecule has 3 aromatic carbocycles. The van der Waals surface area contributed by atoms with Crippen molar-refractivity contribution in [3.05, 3.63) is 108 Å². The molecule has 0 saturated heterocycles. The van der Waals surface area contributed by atoms with Crippen molar-refractivity contribution in [2.45, 2.75) is 6.54 Å². The zero-order valence-electron chi connectivity index (χ0n) is 17.5. The molecule has 2 aromatic heterocycles. The SMILES string of the molecule is O=C(Cn1cnc2sc(-c3ccccc3)cc2c1=O)Nc1ccc(Oc2ccccc2)cc1. The molecule has 0 atom stereocenters. The Labute approximate surface area is 193 Å². The highest BCUT2D eigenvalue weighted by Crippen LogP contribution is 2.30. The first-order chi connectivity index (χ1) is 16.2. The molecule has 5 rings (SSSR count). The highest BCUT2D eigenvalue weighted by molar-refractivity contribution is 7.21. The molecular formula is C26H19N3O3S. The van der Waals surface area contributed by atoms with Crippen LogP contribution in [0.2, 0.25) is 0 Å². The highest BCUT2D eigenvalue weighted by atomic mass is 32.1. The van der Waals surface area contributed by atoms with Gasteiger partial charge in [0.25, 0.3) is 5.56 Å². The lowest BCUT2D eigenvalue weighted by Gasteiger charge is -2.09. The minimum Gasteiger partial charge on any atom is -0.457 e. The van der Waals surface area contributed by atoms with Gasteiger partial charge in [0.1, 0.15) is 22.9 Å². The lowest BCUT2D eigenvalue weighted by molar-refractivity contribution is -0.116. The lowest BCUT2D eigenvalue weighted by Crippen LogP contribution is -2.27. The molecule has 0 bridgehead atoms. The minimum absolute atomic E-state index is 0.124. The van der Waals surface area contributed by atoms with Crippen LogP contribution in [0.3, 0.4) is 0 Å². The number of thiophene rings is 1. The molecule has 0 spiro atoms. The maximum Gasteiger partial charge on any atom is 0.262 e. The number of anilines is 1. The molecule has 0 radical (unpaired) electrons. The molecule has 0 saturated carbocycles. The van der Waals surface area contributed by atoms with E-state index < -0.39 is 0 Å². The van der Waals surface area contributed by atoms with Crippen molar-refractivity contribution in [2.75, 3.05) is 5.32 Å². The lowest BCUT2D eigenvalue weighted by atomic mass is 10.2. The second kappa shape index (κ2) is 9.10. The van der Waals surface area contributed by atoms with Crippen molar-refractivity contribution >= 4 is 33.1 Å². The van der Waals surface area contributed by atoms with Crippen LogP contribution in [-0.2, 0) is 11.3 Å². The van der Waals surface area contributed by atoms with Gasteiger partial charge in [0.05, 0.1) is 11.7 Å². The van der Waals surface area contributed by atoms with E-state index >= 15 is 0 Å². The van der Waals surface area contributed by atoms with Crippen molar-refractivity contribution in [1.82, 2.24) is 9.55 Å². The van der Waals surface area contributed by atoms with Crippen LogP contribution < -0.4 is 15.6 Å². The highest BCUT2D eigenvalue weighted by Gasteiger charge is 2.12. The number of nitrogens with one attached hydrogen (secondary N) is 1. The molecule has 0 aliphatic rings. The van der Waals surface area contributed by atoms with Crippen LogP contribution in [0.5, 0.6) is 11.5 Å². The van der Waals surface area contributed by atoms with Crippen LogP contribution >= 0.6 is 11.3 Å². The van der Waals surface area contributed by atoms with E-state index in [1.807, 2.05) is 66.7 Å². The summed E-state index contributed by atoms with van der Waals surface area (Å²) in [4.78, 5) is 31.5. The molecule has 1 amide bonds. The van der Waals surface area contributed by atoms with Crippen molar-refractivity contribution in [2.24, 2.45) is 0 Å². The van der Waals surface area contributed by atoms with Crippen molar-refractivity contribution in [1.29, 1.82) is 0 Å². The summed E-state index contributed by atoms with van der Waals surface area (Å²) in [6.07, 6.45) is 1.42. The normalized spacial score (nSPS) is 10.8. The van der Waals surface area contributed by atoms with Crippen molar-refractivity contribution < 1.29 is 9.53 Å². The quantitative estimate of drug-likeness (QED) is 0.366. The number of para-hydroxylation sites is 1. The van der Waals surface area contributed by atoms with E-state index in [9.17, 15) is 9.59 Å². The number of carbonyl (C=O) groups excluding carboxylic acids is 1. The molecule has 33 heavy (non-hydrogen) atoms. The fourth-order valence-corrected chi connectivity index (χ4v) is 4.40. The molecule has 1 N–H and O–H groups in total. The third kappa shape index (κ3) is 4.68. The Balaban J connectivity index is 1.28. The largest absolute Gasteiger partial charge is 0.457 e. The summed E-state index contributed by atoms with van der Waals surface area (Å²) in [5.41, 5.74) is 1.41. The standard InChI is InChI=1S/C26H19N3O3S/c30-24(28-19-11-13-21(14-12-19)32-20-9-5-2-6-10-20)16-29-17-27-25-22(26(29)31)15-23(33-25)18-7-3-1-4-8-18/h1-15,17H,16H2,(H,28,30). The summed E-state index contributed by atoms with van der Waals surface area (Å²) in [6, 6.07) is 28.2. The molecule has 0 unspecified atom stereocenters. The van der Waals surface area contributed by atoms with Crippen LogP contribution in [0.15, 0.2) is 102 Å². The van der Waals surface area contributed by atoms with Crippen molar-refractivity contribution in [3.63, 3.8) is 0 Å². The van der Waals surface area contributed by atoms with Crippen LogP contribution in [0.4, 0.5) is 5.69 Å². The van der Waals surface area contributed by atoms with Crippen LogP contribution in [0.1, 0.15) is 0 Å². The van der Waals surface area contributed by atoms with Crippen LogP contribution in [-0.4, -0.2) is 15.5 Å². The number of hydrogen-bond donors (Lipinski definition) is 1. The van der Waals surface area contributed by atoms with Gasteiger partial charge in [-0.3, -0.25) is 14.2 Å². The van der Waals surface area contributed by atoms with Gasteiger partial charge in [0, 0.05) is 10.6 Å². The zero-order valence-corrected chi connectivity index (χ0v) is 18.3. The van der Waals surface area contributed by atoms with Crippen LogP contribution in [0, 0.1) is 0 Å². The second-order valence-electron chi connectivity index (χ2n) is 7.36. The Morgan fingerprint density at radius 3 is 2.30 bits per heavy atom. The van der Waals surface area contributed by atoms with Gasteiger partial charge >= 0.3 is 0 Å². The predicted octanol–water partition coefficient (Wildman–Crippen LogP) is 5.56. The minimum atomic E-state index is -0.312. The average molecular weight is 454 g/mol. The Morgan fingerprint density at radius 1 is 0.909 bits per heavy atom. The Kier molecular flexibility index (Phi) is 5.70. The maximum atomic E-state index is 12.9. The maximum absolute atomic E-state index is 12.9. The first-order valence-electron chi connectivity index (χ1n) is 10.3. The van der Waals surface area contributed by atoms with Crippen molar-refractivity contribution in [3.8, 4) is 21.9 Å². The topological polar surface area (TPSA) is 73.2 Å². The molecule has 162 valence electrons. The Bertz CT molecular complexity index is 1460. The van der Waals surface area contributed by atoms with Gasteiger partial charge in [0.15, 0.2) is 0 Å². The zero-order chi connectivity index (χ0) is 22.6. The Morgan fingerprint density at radius 2 is 1.58 bits per heavy atom. The monoisotopic (exact) mass is 453 g/mol. The van der Waals surface area contributed by atoms with Gasteiger partial charge in [-0.05, 0) is 48.0 Å². The van der Waals surface area contributed by atoms with E-state index in [0.717, 1.165) is 16.2 Å². The fraction of sp³-hybridized carbons (Fsp3) is 0.0385. The molecule has 0 aliphatic carbocycles. The van der Waals surface area contributed by atoms with Gasteiger partial charge in [-0.25, -0.2) is 4.98 Å². The number of rotatable bonds is 6. The van der Waals surface area contributed by atoms with E-state index in [2.05, 4.69) is 10.3 Å². The Hall–Kier alpha value is -4.23.